The van der Waals surface area contributed by atoms with Crippen LogP contribution < -0.4 is 15.4 Å². The van der Waals surface area contributed by atoms with Crippen molar-refractivity contribution in [2.24, 2.45) is 0 Å². The molecule has 0 heterocycles. The zero-order valence-electron chi connectivity index (χ0n) is 12.5. The molecule has 0 aromatic heterocycles. The van der Waals surface area contributed by atoms with Crippen LogP contribution in [0.15, 0.2) is 18.2 Å². The molecule has 1 unspecified atom stereocenters. The Kier molecular flexibility index (Phi) is 6.45. The fourth-order valence-corrected chi connectivity index (χ4v) is 1.73. The molecule has 0 saturated carbocycles. The summed E-state index contributed by atoms with van der Waals surface area (Å²) in [7, 11) is 0. The Hall–Kier alpha value is -2.31. The first-order valence-corrected chi connectivity index (χ1v) is 6.95. The van der Waals surface area contributed by atoms with Gasteiger partial charge in [0.25, 0.3) is 0 Å². The smallest absolute Gasteiger partial charge is 0.311 e. The summed E-state index contributed by atoms with van der Waals surface area (Å²) in [6.07, 6.45) is 0.754. The minimum atomic E-state index is -0.484. The number of nitrogens with one attached hydrogen (secondary N) is 2. The van der Waals surface area contributed by atoms with E-state index in [0.29, 0.717) is 18.8 Å². The summed E-state index contributed by atoms with van der Waals surface area (Å²) in [5.41, 5.74) is 0.519. The van der Waals surface area contributed by atoms with Gasteiger partial charge in [-0.2, -0.15) is 0 Å². The zero-order valence-corrected chi connectivity index (χ0v) is 12.5. The van der Waals surface area contributed by atoms with Gasteiger partial charge in [0.1, 0.15) is 6.04 Å². The molecule has 1 aromatic carbocycles. The lowest BCUT2D eigenvalue weighted by Gasteiger charge is -2.15. The Balaban J connectivity index is 2.88. The molecule has 1 atom stereocenters. The second kappa shape index (κ2) is 8.08. The van der Waals surface area contributed by atoms with Crippen molar-refractivity contribution in [2.45, 2.75) is 33.2 Å². The Morgan fingerprint density at radius 1 is 1.43 bits per heavy atom. The van der Waals surface area contributed by atoms with Gasteiger partial charge in [-0.05, 0) is 26.3 Å². The van der Waals surface area contributed by atoms with Gasteiger partial charge in [-0.1, -0.05) is 6.92 Å². The van der Waals surface area contributed by atoms with Crippen molar-refractivity contribution >= 4 is 17.3 Å². The number of rotatable bonds is 8. The van der Waals surface area contributed by atoms with Gasteiger partial charge >= 0.3 is 5.69 Å². The molecule has 0 bridgehead atoms. The highest BCUT2D eigenvalue weighted by Gasteiger charge is 2.17. The second-order valence-electron chi connectivity index (χ2n) is 4.55. The fraction of sp³-hybridized carbons (Fsp3) is 0.500. The predicted molar refractivity (Wildman–Crippen MR) is 80.7 cm³/mol. The maximum atomic E-state index is 11.7. The lowest BCUT2D eigenvalue weighted by atomic mass is 10.2. The van der Waals surface area contributed by atoms with Crippen molar-refractivity contribution in [1.82, 2.24) is 5.32 Å². The summed E-state index contributed by atoms with van der Waals surface area (Å²) in [4.78, 5) is 22.1. The molecule has 0 aliphatic carbocycles. The van der Waals surface area contributed by atoms with Gasteiger partial charge in [-0.25, -0.2) is 0 Å². The summed E-state index contributed by atoms with van der Waals surface area (Å²) in [6.45, 7) is 6.43. The van der Waals surface area contributed by atoms with E-state index in [9.17, 15) is 14.9 Å². The molecule has 7 heteroatoms. The molecule has 0 saturated heterocycles. The first-order chi connectivity index (χ1) is 9.99. The van der Waals surface area contributed by atoms with Gasteiger partial charge in [0, 0.05) is 24.4 Å². The van der Waals surface area contributed by atoms with Crippen LogP contribution in [0.1, 0.15) is 27.2 Å². The van der Waals surface area contributed by atoms with Crippen LogP contribution in [-0.2, 0) is 4.79 Å². The number of likely N-dealkylation sites (N-methyl/N-ethyl adjacent to an activating group) is 1. The first-order valence-electron chi connectivity index (χ1n) is 6.95. The summed E-state index contributed by atoms with van der Waals surface area (Å²) < 4.78 is 5.40. The van der Waals surface area contributed by atoms with E-state index in [4.69, 9.17) is 4.74 Å². The van der Waals surface area contributed by atoms with Crippen LogP contribution in [0.25, 0.3) is 0 Å². The van der Waals surface area contributed by atoms with Gasteiger partial charge in [0.05, 0.1) is 11.5 Å². The summed E-state index contributed by atoms with van der Waals surface area (Å²) in [5, 5.41) is 16.7. The topological polar surface area (TPSA) is 93.5 Å². The van der Waals surface area contributed by atoms with Gasteiger partial charge in [-0.3, -0.25) is 14.9 Å². The molecule has 0 spiro atoms. The molecular formula is C14H21N3O4. The van der Waals surface area contributed by atoms with Crippen LogP contribution in [0, 0.1) is 10.1 Å². The third-order valence-electron chi connectivity index (χ3n) is 2.75. The molecular weight excluding hydrogens is 274 g/mol. The van der Waals surface area contributed by atoms with E-state index in [1.54, 1.807) is 19.1 Å². The monoisotopic (exact) mass is 295 g/mol. The van der Waals surface area contributed by atoms with Crippen molar-refractivity contribution in [3.63, 3.8) is 0 Å². The van der Waals surface area contributed by atoms with Crippen LogP contribution in [0.2, 0.25) is 0 Å². The van der Waals surface area contributed by atoms with Gasteiger partial charge in [-0.15, -0.1) is 0 Å². The molecule has 7 nitrogen and oxygen atoms in total. The van der Waals surface area contributed by atoms with Crippen LogP contribution in [0.4, 0.5) is 11.4 Å². The van der Waals surface area contributed by atoms with Crippen molar-refractivity contribution in [3.05, 3.63) is 28.3 Å². The molecule has 0 fully saturated rings. The highest BCUT2D eigenvalue weighted by Crippen LogP contribution is 2.30. The average Bonchev–Trinajstić information content (AvgIpc) is 2.45. The Labute approximate surface area is 123 Å². The minimum absolute atomic E-state index is 0.0836. The van der Waals surface area contributed by atoms with Gasteiger partial charge in [0.2, 0.25) is 5.91 Å². The third kappa shape index (κ3) is 4.94. The number of amides is 1. The van der Waals surface area contributed by atoms with Gasteiger partial charge in [0.15, 0.2) is 5.75 Å². The van der Waals surface area contributed by atoms with Crippen molar-refractivity contribution in [2.75, 3.05) is 18.5 Å². The van der Waals surface area contributed by atoms with E-state index in [0.717, 1.165) is 6.42 Å². The van der Waals surface area contributed by atoms with Crippen LogP contribution in [0.5, 0.6) is 5.75 Å². The molecule has 0 radical (unpaired) electrons. The van der Waals surface area contributed by atoms with E-state index in [1.165, 1.54) is 6.07 Å². The lowest BCUT2D eigenvalue weighted by Crippen LogP contribution is -2.37. The Morgan fingerprint density at radius 3 is 2.71 bits per heavy atom. The first kappa shape index (κ1) is 16.7. The fourth-order valence-electron chi connectivity index (χ4n) is 1.73. The third-order valence-corrected chi connectivity index (χ3v) is 2.75. The number of nitro benzene ring substituents is 1. The van der Waals surface area contributed by atoms with Crippen molar-refractivity contribution < 1.29 is 14.5 Å². The van der Waals surface area contributed by atoms with E-state index >= 15 is 0 Å². The summed E-state index contributed by atoms with van der Waals surface area (Å²) in [5.74, 6) is 0.0711. The summed E-state index contributed by atoms with van der Waals surface area (Å²) >= 11 is 0. The molecule has 0 aliphatic rings. The number of hydrogen-bond donors (Lipinski definition) is 2. The van der Waals surface area contributed by atoms with E-state index in [1.807, 2.05) is 13.8 Å². The maximum Gasteiger partial charge on any atom is 0.311 e. The molecule has 0 aliphatic heterocycles. The van der Waals surface area contributed by atoms with Crippen LogP contribution >= 0.6 is 0 Å². The van der Waals surface area contributed by atoms with Gasteiger partial charge < -0.3 is 15.4 Å². The molecule has 1 rings (SSSR count). The number of carbonyl (C=O) groups excluding carboxylic acids is 1. The number of benzene rings is 1. The van der Waals surface area contributed by atoms with E-state index in [-0.39, 0.29) is 17.3 Å². The highest BCUT2D eigenvalue weighted by atomic mass is 16.6. The minimum Gasteiger partial charge on any atom is -0.487 e. The highest BCUT2D eigenvalue weighted by molar-refractivity contribution is 5.84. The van der Waals surface area contributed by atoms with E-state index in [2.05, 4.69) is 10.6 Å². The normalized spacial score (nSPS) is 11.6. The maximum absolute atomic E-state index is 11.7. The molecule has 1 aromatic rings. The number of hydrogen-bond acceptors (Lipinski definition) is 5. The second-order valence-corrected chi connectivity index (χ2v) is 4.55. The van der Waals surface area contributed by atoms with Crippen LogP contribution in [0.3, 0.4) is 0 Å². The molecule has 1 amide bonds. The van der Waals surface area contributed by atoms with Crippen molar-refractivity contribution in [1.29, 1.82) is 0 Å². The molecule has 21 heavy (non-hydrogen) atoms. The SMILES string of the molecule is CCCOc1cc(NC(C)C(=O)NCC)ccc1[N+](=O)[O-]. The standard InChI is InChI=1S/C14H21N3O4/c1-4-8-21-13-9-11(6-7-12(13)17(19)20)16-10(3)14(18)15-5-2/h6-7,9-10,16H,4-5,8H2,1-3H3,(H,15,18). The Bertz CT molecular complexity index is 505. The summed E-state index contributed by atoms with van der Waals surface area (Å²) in [6, 6.07) is 4.04. The number of anilines is 1. The average molecular weight is 295 g/mol. The molecule has 116 valence electrons. The quantitative estimate of drug-likeness (QED) is 0.567. The lowest BCUT2D eigenvalue weighted by molar-refractivity contribution is -0.385. The zero-order chi connectivity index (χ0) is 15.8. The Morgan fingerprint density at radius 2 is 2.14 bits per heavy atom. The van der Waals surface area contributed by atoms with Crippen molar-refractivity contribution in [3.8, 4) is 5.75 Å². The molecule has 2 N–H and O–H groups in total. The number of nitrogens with zero attached hydrogens (tertiary/aromatic N) is 1. The van der Waals surface area contributed by atoms with Crippen LogP contribution in [-0.4, -0.2) is 30.0 Å². The number of carbonyl (C=O) groups is 1. The number of ether oxygens (including phenoxy) is 1. The number of nitro groups is 1. The van der Waals surface area contributed by atoms with E-state index < -0.39 is 11.0 Å². The predicted octanol–water partition coefficient (Wildman–Crippen LogP) is 2.32. The largest absolute Gasteiger partial charge is 0.487 e.